The SMILES string of the molecule is N#C/N=c1\c2cc(F)ccc2c2cc3c(cc12)/c(=N\C#N)c1cc(F)ccc13. The summed E-state index contributed by atoms with van der Waals surface area (Å²) in [5.74, 6) is -0.838. The van der Waals surface area contributed by atoms with Gasteiger partial charge in [0.15, 0.2) is 0 Å². The first kappa shape index (κ1) is 16.0. The smallest absolute Gasteiger partial charge is 0.206 e. The Hall–Kier alpha value is -4.16. The molecule has 0 heterocycles. The van der Waals surface area contributed by atoms with Crippen molar-refractivity contribution in [1.82, 2.24) is 0 Å². The lowest BCUT2D eigenvalue weighted by molar-refractivity contribution is 0.629. The quantitative estimate of drug-likeness (QED) is 0.385. The average molecular weight is 366 g/mol. The monoisotopic (exact) mass is 366 g/mol. The van der Waals surface area contributed by atoms with Gasteiger partial charge in [0.25, 0.3) is 0 Å². The van der Waals surface area contributed by atoms with E-state index in [1.54, 1.807) is 30.6 Å². The molecule has 0 aliphatic heterocycles. The summed E-state index contributed by atoms with van der Waals surface area (Å²) in [6.45, 7) is 0. The van der Waals surface area contributed by atoms with Crippen LogP contribution in [0.5, 0.6) is 0 Å². The summed E-state index contributed by atoms with van der Waals surface area (Å²) in [4.78, 5) is 7.80. The van der Waals surface area contributed by atoms with Gasteiger partial charge in [-0.3, -0.25) is 0 Å². The Morgan fingerprint density at radius 2 is 0.929 bits per heavy atom. The predicted octanol–water partition coefficient (Wildman–Crippen LogP) is 4.22. The fraction of sp³-hybridized carbons (Fsp3) is 0. The van der Waals surface area contributed by atoms with E-state index in [-0.39, 0.29) is 0 Å². The van der Waals surface area contributed by atoms with Gasteiger partial charge < -0.3 is 0 Å². The van der Waals surface area contributed by atoms with E-state index >= 15 is 0 Å². The van der Waals surface area contributed by atoms with Crippen molar-refractivity contribution in [3.05, 3.63) is 70.9 Å². The number of rotatable bonds is 0. The van der Waals surface area contributed by atoms with E-state index < -0.39 is 11.6 Å². The second-order valence-electron chi connectivity index (χ2n) is 6.44. The molecular weight excluding hydrogens is 358 g/mol. The third-order valence-electron chi connectivity index (χ3n) is 5.05. The van der Waals surface area contributed by atoms with Crippen LogP contribution in [0.25, 0.3) is 43.1 Å². The summed E-state index contributed by atoms with van der Waals surface area (Å²) in [5.41, 5.74) is 0. The first-order chi connectivity index (χ1) is 13.6. The summed E-state index contributed by atoms with van der Waals surface area (Å²) in [6.07, 6.45) is 3.55. The number of nitriles is 2. The molecule has 5 aromatic carbocycles. The molecule has 0 amide bonds. The van der Waals surface area contributed by atoms with Crippen LogP contribution in [-0.4, -0.2) is 0 Å². The lowest BCUT2D eigenvalue weighted by Crippen LogP contribution is -2.00. The summed E-state index contributed by atoms with van der Waals surface area (Å²) >= 11 is 0. The maximum Gasteiger partial charge on any atom is 0.206 e. The molecule has 0 spiro atoms. The van der Waals surface area contributed by atoms with Crippen LogP contribution in [0.3, 0.4) is 0 Å². The Morgan fingerprint density at radius 1 is 0.536 bits per heavy atom. The van der Waals surface area contributed by atoms with Gasteiger partial charge in [0.05, 0.1) is 10.7 Å². The molecule has 0 unspecified atom stereocenters. The number of hydrogen-bond donors (Lipinski definition) is 0. The molecule has 5 rings (SSSR count). The molecule has 0 aromatic heterocycles. The van der Waals surface area contributed by atoms with E-state index in [1.165, 1.54) is 24.3 Å². The van der Waals surface area contributed by atoms with Crippen molar-refractivity contribution in [2.45, 2.75) is 0 Å². The molecule has 0 bridgehead atoms. The maximum absolute atomic E-state index is 13.8. The van der Waals surface area contributed by atoms with Crippen LogP contribution >= 0.6 is 0 Å². The van der Waals surface area contributed by atoms with Gasteiger partial charge in [-0.1, -0.05) is 12.1 Å². The van der Waals surface area contributed by atoms with Crippen LogP contribution < -0.4 is 10.7 Å². The van der Waals surface area contributed by atoms with Crippen molar-refractivity contribution in [2.24, 2.45) is 9.98 Å². The molecule has 28 heavy (non-hydrogen) atoms. The standard InChI is InChI=1S/C22H8F2N4/c23-11-1-3-13-15-7-16-14-4-2-12(24)6-18(14)22(28-10-26)20(16)8-19(15)21(27-9-25)17(13)5-11/h1-8H/b27-21-,28-22+. The van der Waals surface area contributed by atoms with Gasteiger partial charge in [-0.2, -0.15) is 20.5 Å². The van der Waals surface area contributed by atoms with E-state index in [4.69, 9.17) is 10.5 Å². The van der Waals surface area contributed by atoms with Gasteiger partial charge in [-0.05, 0) is 57.9 Å². The molecule has 0 saturated carbocycles. The lowest BCUT2D eigenvalue weighted by Gasteiger charge is -1.96. The second-order valence-corrected chi connectivity index (χ2v) is 6.44. The molecule has 0 saturated heterocycles. The van der Waals surface area contributed by atoms with Crippen molar-refractivity contribution >= 4 is 43.1 Å². The topological polar surface area (TPSA) is 72.3 Å². The third kappa shape index (κ3) is 2.06. The molecule has 0 N–H and O–H groups in total. The Morgan fingerprint density at radius 3 is 1.36 bits per heavy atom. The van der Waals surface area contributed by atoms with Crippen molar-refractivity contribution in [3.8, 4) is 12.4 Å². The molecule has 130 valence electrons. The summed E-state index contributed by atoms with van der Waals surface area (Å²) in [5, 5.41) is 24.5. The maximum atomic E-state index is 13.8. The molecule has 6 heteroatoms. The Labute approximate surface area is 156 Å². The minimum absolute atomic E-state index is 0.369. The van der Waals surface area contributed by atoms with Gasteiger partial charge in [0.2, 0.25) is 12.4 Å². The van der Waals surface area contributed by atoms with Gasteiger partial charge in [-0.15, -0.1) is 0 Å². The highest BCUT2D eigenvalue weighted by Gasteiger charge is 2.15. The molecule has 0 aliphatic rings. The molecular formula is C22H8F2N4. The van der Waals surface area contributed by atoms with E-state index in [0.717, 1.165) is 21.5 Å². The Balaban J connectivity index is 2.12. The zero-order chi connectivity index (χ0) is 19.4. The van der Waals surface area contributed by atoms with Crippen LogP contribution in [0.15, 0.2) is 58.5 Å². The molecule has 0 fully saturated rings. The lowest BCUT2D eigenvalue weighted by atomic mass is 10.1. The fourth-order valence-corrected chi connectivity index (χ4v) is 3.96. The number of halogens is 2. The number of benzene rings is 3. The second kappa shape index (κ2) is 5.67. The van der Waals surface area contributed by atoms with E-state index in [1.807, 2.05) is 6.07 Å². The fourth-order valence-electron chi connectivity index (χ4n) is 3.96. The third-order valence-corrected chi connectivity index (χ3v) is 5.05. The largest absolute Gasteiger partial charge is 0.207 e. The summed E-state index contributed by atoms with van der Waals surface area (Å²) < 4.78 is 27.6. The minimum atomic E-state index is -0.419. The van der Waals surface area contributed by atoms with Gasteiger partial charge in [-0.25, -0.2) is 8.78 Å². The number of nitrogens with zero attached hydrogens (tertiary/aromatic N) is 4. The molecule has 5 aromatic rings. The van der Waals surface area contributed by atoms with E-state index in [2.05, 4.69) is 9.98 Å². The van der Waals surface area contributed by atoms with E-state index in [9.17, 15) is 8.78 Å². The van der Waals surface area contributed by atoms with Crippen LogP contribution in [-0.2, 0) is 0 Å². The predicted molar refractivity (Wildman–Crippen MR) is 101 cm³/mol. The van der Waals surface area contributed by atoms with Crippen molar-refractivity contribution < 1.29 is 8.78 Å². The zero-order valence-corrected chi connectivity index (χ0v) is 14.2. The highest BCUT2D eigenvalue weighted by Crippen LogP contribution is 2.32. The molecule has 0 atom stereocenters. The molecule has 0 aliphatic carbocycles. The minimum Gasteiger partial charge on any atom is -0.207 e. The van der Waals surface area contributed by atoms with E-state index in [0.29, 0.717) is 32.3 Å². The summed E-state index contributed by atoms with van der Waals surface area (Å²) in [7, 11) is 0. The van der Waals surface area contributed by atoms with Crippen LogP contribution in [0.2, 0.25) is 0 Å². The average Bonchev–Trinajstić information content (AvgIpc) is 3.13. The highest BCUT2D eigenvalue weighted by molar-refractivity contribution is 6.21. The van der Waals surface area contributed by atoms with Crippen LogP contribution in [0, 0.1) is 34.5 Å². The van der Waals surface area contributed by atoms with Gasteiger partial charge in [0, 0.05) is 21.5 Å². The van der Waals surface area contributed by atoms with Gasteiger partial charge >= 0.3 is 0 Å². The van der Waals surface area contributed by atoms with Gasteiger partial charge in [0.1, 0.15) is 11.6 Å². The van der Waals surface area contributed by atoms with Crippen LogP contribution in [0.4, 0.5) is 8.78 Å². The molecule has 0 radical (unpaired) electrons. The Kier molecular flexibility index (Phi) is 3.25. The Bertz CT molecular complexity index is 1540. The molecule has 4 nitrogen and oxygen atoms in total. The number of hydrogen-bond acceptors (Lipinski definition) is 4. The first-order valence-corrected chi connectivity index (χ1v) is 8.35. The van der Waals surface area contributed by atoms with Crippen molar-refractivity contribution in [3.63, 3.8) is 0 Å². The van der Waals surface area contributed by atoms with Crippen molar-refractivity contribution in [1.29, 1.82) is 10.5 Å². The first-order valence-electron chi connectivity index (χ1n) is 8.35. The van der Waals surface area contributed by atoms with Crippen molar-refractivity contribution in [2.75, 3.05) is 0 Å². The normalized spacial score (nSPS) is 13.0. The summed E-state index contributed by atoms with van der Waals surface area (Å²) in [6, 6.07) is 12.4. The highest BCUT2D eigenvalue weighted by atomic mass is 19.1. The van der Waals surface area contributed by atoms with Crippen LogP contribution in [0.1, 0.15) is 0 Å². The zero-order valence-electron chi connectivity index (χ0n) is 14.2. The number of fused-ring (bicyclic) bond motifs is 6.